The van der Waals surface area contributed by atoms with Gasteiger partial charge >= 0.3 is 0 Å². The minimum absolute atomic E-state index is 0.574. The Morgan fingerprint density at radius 3 is 2.60 bits per heavy atom. The highest BCUT2D eigenvalue weighted by atomic mass is 15.2. The van der Waals surface area contributed by atoms with Gasteiger partial charge in [0.25, 0.3) is 0 Å². The van der Waals surface area contributed by atoms with Gasteiger partial charge in [-0.2, -0.15) is 0 Å². The third kappa shape index (κ3) is 4.60. The van der Waals surface area contributed by atoms with Crippen molar-refractivity contribution in [3.8, 4) is 0 Å². The Labute approximate surface area is 124 Å². The van der Waals surface area contributed by atoms with E-state index in [9.17, 15) is 0 Å². The van der Waals surface area contributed by atoms with Gasteiger partial charge in [-0.15, -0.1) is 0 Å². The fraction of sp³-hybridized carbons (Fsp3) is 0.667. The summed E-state index contributed by atoms with van der Waals surface area (Å²) in [6.07, 6.45) is 5.21. The summed E-state index contributed by atoms with van der Waals surface area (Å²) in [6.45, 7) is 6.94. The molecule has 2 rings (SSSR count). The molecule has 0 radical (unpaired) electrons. The van der Waals surface area contributed by atoms with Crippen LogP contribution in [0.3, 0.4) is 0 Å². The average Bonchev–Trinajstić information content (AvgIpc) is 2.45. The topological polar surface area (TPSA) is 15.3 Å². The van der Waals surface area contributed by atoms with Crippen molar-refractivity contribution in [1.82, 2.24) is 10.2 Å². The summed E-state index contributed by atoms with van der Waals surface area (Å²) in [4.78, 5) is 2.56. The van der Waals surface area contributed by atoms with Gasteiger partial charge in [0, 0.05) is 12.1 Å². The predicted octanol–water partition coefficient (Wildman–Crippen LogP) is 3.33. The minimum atomic E-state index is 0.574. The zero-order valence-electron chi connectivity index (χ0n) is 13.3. The standard InChI is InChI=1S/C18H30N2/c1-15(2)14-19-17(13-16-9-5-4-6-10-16)18-11-7-8-12-20(18)3/h4-6,9-10,15,17-19H,7-8,11-14H2,1-3H3. The number of piperidine rings is 1. The summed E-state index contributed by atoms with van der Waals surface area (Å²) in [7, 11) is 2.29. The Hall–Kier alpha value is -0.860. The van der Waals surface area contributed by atoms with Crippen molar-refractivity contribution in [2.24, 2.45) is 5.92 Å². The molecule has 2 heteroatoms. The zero-order valence-corrected chi connectivity index (χ0v) is 13.3. The molecule has 1 N–H and O–H groups in total. The molecule has 0 saturated carbocycles. The van der Waals surface area contributed by atoms with Crippen LogP contribution in [0.1, 0.15) is 38.7 Å². The first-order chi connectivity index (χ1) is 9.66. The molecule has 0 amide bonds. The lowest BCUT2D eigenvalue weighted by molar-refractivity contribution is 0.142. The number of hydrogen-bond donors (Lipinski definition) is 1. The molecule has 0 spiro atoms. The van der Waals surface area contributed by atoms with Gasteiger partial charge in [-0.3, -0.25) is 0 Å². The molecular formula is C18H30N2. The highest BCUT2D eigenvalue weighted by Crippen LogP contribution is 2.20. The van der Waals surface area contributed by atoms with E-state index in [4.69, 9.17) is 0 Å². The molecule has 1 aromatic rings. The van der Waals surface area contributed by atoms with E-state index in [2.05, 4.69) is 61.4 Å². The van der Waals surface area contributed by atoms with Crippen LogP contribution in [-0.2, 0) is 6.42 Å². The van der Waals surface area contributed by atoms with E-state index >= 15 is 0 Å². The van der Waals surface area contributed by atoms with Crippen LogP contribution in [0.5, 0.6) is 0 Å². The normalized spacial score (nSPS) is 22.1. The van der Waals surface area contributed by atoms with Crippen LogP contribution in [0.25, 0.3) is 0 Å². The van der Waals surface area contributed by atoms with Crippen LogP contribution in [0.2, 0.25) is 0 Å². The van der Waals surface area contributed by atoms with E-state index in [0.717, 1.165) is 13.0 Å². The summed E-state index contributed by atoms with van der Waals surface area (Å²) >= 11 is 0. The van der Waals surface area contributed by atoms with Gasteiger partial charge in [-0.25, -0.2) is 0 Å². The van der Waals surface area contributed by atoms with E-state index in [1.807, 2.05) is 0 Å². The van der Waals surface area contributed by atoms with Crippen molar-refractivity contribution in [3.05, 3.63) is 35.9 Å². The fourth-order valence-electron chi connectivity index (χ4n) is 3.21. The predicted molar refractivity (Wildman–Crippen MR) is 87.0 cm³/mol. The number of rotatable bonds is 6. The first-order valence-corrected chi connectivity index (χ1v) is 8.14. The van der Waals surface area contributed by atoms with Crippen LogP contribution in [0.15, 0.2) is 30.3 Å². The molecular weight excluding hydrogens is 244 g/mol. The zero-order chi connectivity index (χ0) is 14.4. The fourth-order valence-corrected chi connectivity index (χ4v) is 3.21. The van der Waals surface area contributed by atoms with Crippen LogP contribution >= 0.6 is 0 Å². The summed E-state index contributed by atoms with van der Waals surface area (Å²) in [5.41, 5.74) is 1.45. The Kier molecular flexibility index (Phi) is 6.06. The van der Waals surface area contributed by atoms with Gasteiger partial charge < -0.3 is 10.2 Å². The maximum absolute atomic E-state index is 3.83. The summed E-state index contributed by atoms with van der Waals surface area (Å²) in [6, 6.07) is 12.2. The third-order valence-electron chi connectivity index (χ3n) is 4.38. The maximum atomic E-state index is 3.83. The Balaban J connectivity index is 2.03. The summed E-state index contributed by atoms with van der Waals surface area (Å²) in [5.74, 6) is 0.710. The van der Waals surface area contributed by atoms with Gasteiger partial charge in [0.15, 0.2) is 0 Å². The van der Waals surface area contributed by atoms with E-state index in [0.29, 0.717) is 18.0 Å². The van der Waals surface area contributed by atoms with Crippen molar-refractivity contribution >= 4 is 0 Å². The second-order valence-electron chi connectivity index (χ2n) is 6.64. The van der Waals surface area contributed by atoms with E-state index in [-0.39, 0.29) is 0 Å². The van der Waals surface area contributed by atoms with Crippen LogP contribution in [0, 0.1) is 5.92 Å². The second-order valence-corrected chi connectivity index (χ2v) is 6.64. The number of benzene rings is 1. The average molecular weight is 274 g/mol. The number of nitrogens with zero attached hydrogens (tertiary/aromatic N) is 1. The molecule has 1 heterocycles. The van der Waals surface area contributed by atoms with Gasteiger partial charge in [-0.05, 0) is 50.9 Å². The maximum Gasteiger partial charge on any atom is 0.0263 e. The quantitative estimate of drug-likeness (QED) is 0.856. The molecule has 0 aromatic heterocycles. The van der Waals surface area contributed by atoms with E-state index in [1.54, 1.807) is 0 Å². The lowest BCUT2D eigenvalue weighted by Gasteiger charge is -2.39. The molecule has 2 nitrogen and oxygen atoms in total. The van der Waals surface area contributed by atoms with E-state index < -0.39 is 0 Å². The highest BCUT2D eigenvalue weighted by molar-refractivity contribution is 5.16. The molecule has 0 aliphatic carbocycles. The summed E-state index contributed by atoms with van der Waals surface area (Å²) < 4.78 is 0. The van der Waals surface area contributed by atoms with Gasteiger partial charge in [-0.1, -0.05) is 50.6 Å². The Bertz CT molecular complexity index is 374. The Morgan fingerprint density at radius 2 is 1.95 bits per heavy atom. The number of nitrogens with one attached hydrogen (secondary N) is 1. The number of hydrogen-bond acceptors (Lipinski definition) is 2. The number of likely N-dealkylation sites (tertiary alicyclic amines) is 1. The molecule has 20 heavy (non-hydrogen) atoms. The van der Waals surface area contributed by atoms with Crippen LogP contribution in [-0.4, -0.2) is 37.1 Å². The molecule has 2 atom stereocenters. The minimum Gasteiger partial charge on any atom is -0.312 e. The molecule has 1 aliphatic heterocycles. The molecule has 1 fully saturated rings. The molecule has 112 valence electrons. The van der Waals surface area contributed by atoms with Crippen molar-refractivity contribution < 1.29 is 0 Å². The molecule has 2 unspecified atom stereocenters. The van der Waals surface area contributed by atoms with Crippen molar-refractivity contribution in [1.29, 1.82) is 0 Å². The molecule has 1 saturated heterocycles. The van der Waals surface area contributed by atoms with Crippen LogP contribution in [0.4, 0.5) is 0 Å². The molecule has 0 bridgehead atoms. The van der Waals surface area contributed by atoms with Crippen molar-refractivity contribution in [2.75, 3.05) is 20.1 Å². The lowest BCUT2D eigenvalue weighted by atomic mass is 9.91. The Morgan fingerprint density at radius 1 is 1.20 bits per heavy atom. The van der Waals surface area contributed by atoms with Crippen molar-refractivity contribution in [2.45, 2.75) is 51.6 Å². The summed E-state index contributed by atoms with van der Waals surface area (Å²) in [5, 5.41) is 3.83. The molecule has 1 aliphatic rings. The largest absolute Gasteiger partial charge is 0.312 e. The first kappa shape index (κ1) is 15.5. The van der Waals surface area contributed by atoms with Crippen LogP contribution < -0.4 is 5.32 Å². The first-order valence-electron chi connectivity index (χ1n) is 8.14. The SMILES string of the molecule is CC(C)CNC(Cc1ccccc1)C1CCCCN1C. The smallest absolute Gasteiger partial charge is 0.0263 e. The van der Waals surface area contributed by atoms with Gasteiger partial charge in [0.2, 0.25) is 0 Å². The second kappa shape index (κ2) is 7.80. The van der Waals surface area contributed by atoms with Gasteiger partial charge in [0.05, 0.1) is 0 Å². The third-order valence-corrected chi connectivity index (χ3v) is 4.38. The lowest BCUT2D eigenvalue weighted by Crippen LogP contribution is -2.52. The van der Waals surface area contributed by atoms with Crippen molar-refractivity contribution in [3.63, 3.8) is 0 Å². The van der Waals surface area contributed by atoms with Gasteiger partial charge in [0.1, 0.15) is 0 Å². The molecule has 1 aromatic carbocycles. The van der Waals surface area contributed by atoms with E-state index in [1.165, 1.54) is 31.4 Å². The monoisotopic (exact) mass is 274 g/mol. The highest BCUT2D eigenvalue weighted by Gasteiger charge is 2.27. The number of likely N-dealkylation sites (N-methyl/N-ethyl adjacent to an activating group) is 1.